The van der Waals surface area contributed by atoms with Gasteiger partial charge in [0.25, 0.3) is 5.91 Å². The van der Waals surface area contributed by atoms with E-state index in [1.54, 1.807) is 6.26 Å². The average Bonchev–Trinajstić information content (AvgIpc) is 3.05. The van der Waals surface area contributed by atoms with E-state index in [0.717, 1.165) is 9.75 Å². The first kappa shape index (κ1) is 18.3. The minimum absolute atomic E-state index is 0.0394. The summed E-state index contributed by atoms with van der Waals surface area (Å²) in [4.78, 5) is 39.9. The van der Waals surface area contributed by atoms with Gasteiger partial charge >= 0.3 is 5.97 Å². The van der Waals surface area contributed by atoms with Crippen molar-refractivity contribution in [2.45, 2.75) is 24.4 Å². The van der Waals surface area contributed by atoms with Gasteiger partial charge in [-0.25, -0.2) is 4.79 Å². The minimum Gasteiger partial charge on any atom is -0.477 e. The molecule has 7 nitrogen and oxygen atoms in total. The highest BCUT2D eigenvalue weighted by atomic mass is 32.2. The standard InChI is InChI=1S/C15H17N3O4S3/c1-23-9-6-24-14-11(13(20)18(14)12(9)15(21)22)17-10(19)4-7-2-3-8(5-16)25-7/h2-3,11,14H,4-6,16H2,1H3,(H,17,19)(H,21,22)/t11-,14+/m1/s1. The lowest BCUT2D eigenvalue weighted by Crippen LogP contribution is -2.70. The van der Waals surface area contributed by atoms with Crippen molar-refractivity contribution < 1.29 is 19.5 Å². The van der Waals surface area contributed by atoms with Crippen molar-refractivity contribution >= 4 is 52.6 Å². The molecule has 2 atom stereocenters. The predicted molar refractivity (Wildman–Crippen MR) is 99.1 cm³/mol. The second-order valence-corrected chi connectivity index (χ2v) is 8.74. The van der Waals surface area contributed by atoms with Crippen LogP contribution in [0.25, 0.3) is 0 Å². The molecule has 3 heterocycles. The molecule has 134 valence electrons. The maximum absolute atomic E-state index is 12.4. The van der Waals surface area contributed by atoms with Crippen molar-refractivity contribution in [3.05, 3.63) is 32.5 Å². The van der Waals surface area contributed by atoms with Gasteiger partial charge in [-0.1, -0.05) is 0 Å². The number of rotatable bonds is 6. The summed E-state index contributed by atoms with van der Waals surface area (Å²) in [5.74, 6) is -1.21. The summed E-state index contributed by atoms with van der Waals surface area (Å²) in [5, 5.41) is 11.8. The van der Waals surface area contributed by atoms with Crippen molar-refractivity contribution in [1.29, 1.82) is 0 Å². The summed E-state index contributed by atoms with van der Waals surface area (Å²) in [6.45, 7) is 0.434. The molecule has 0 saturated carbocycles. The van der Waals surface area contributed by atoms with E-state index < -0.39 is 12.0 Å². The number of nitrogens with one attached hydrogen (secondary N) is 1. The number of nitrogens with two attached hydrogens (primary N) is 1. The number of fused-ring (bicyclic) bond motifs is 1. The van der Waals surface area contributed by atoms with Crippen molar-refractivity contribution in [3.63, 3.8) is 0 Å². The van der Waals surface area contributed by atoms with Crippen LogP contribution in [0.2, 0.25) is 0 Å². The van der Waals surface area contributed by atoms with Gasteiger partial charge in [0.1, 0.15) is 17.1 Å². The Balaban J connectivity index is 1.66. The van der Waals surface area contributed by atoms with E-state index in [1.165, 1.54) is 39.8 Å². The maximum atomic E-state index is 12.4. The van der Waals surface area contributed by atoms with Crippen LogP contribution < -0.4 is 11.1 Å². The van der Waals surface area contributed by atoms with Crippen LogP contribution in [0.1, 0.15) is 9.75 Å². The Bertz CT molecular complexity index is 761. The summed E-state index contributed by atoms with van der Waals surface area (Å²) in [5.41, 5.74) is 5.60. The zero-order chi connectivity index (χ0) is 18.1. The number of hydrogen-bond acceptors (Lipinski definition) is 7. The Kier molecular flexibility index (Phi) is 5.42. The summed E-state index contributed by atoms with van der Waals surface area (Å²) < 4.78 is 0. The van der Waals surface area contributed by atoms with Gasteiger partial charge in [0.05, 0.1) is 6.42 Å². The second kappa shape index (κ2) is 7.40. The largest absolute Gasteiger partial charge is 0.477 e. The van der Waals surface area contributed by atoms with E-state index in [1.807, 2.05) is 12.1 Å². The summed E-state index contributed by atoms with van der Waals surface area (Å²) in [6.07, 6.45) is 1.98. The Labute approximate surface area is 157 Å². The van der Waals surface area contributed by atoms with E-state index in [0.29, 0.717) is 17.2 Å². The van der Waals surface area contributed by atoms with Gasteiger partial charge in [0.15, 0.2) is 0 Å². The summed E-state index contributed by atoms with van der Waals surface area (Å²) >= 11 is 4.27. The van der Waals surface area contributed by atoms with Gasteiger partial charge in [0.2, 0.25) is 5.91 Å². The molecule has 0 aromatic carbocycles. The normalized spacial score (nSPS) is 22.5. The number of hydrogen-bond donors (Lipinski definition) is 3. The molecule has 0 bridgehead atoms. The third-order valence-electron chi connectivity index (χ3n) is 3.95. The Hall–Kier alpha value is -1.49. The van der Waals surface area contributed by atoms with Gasteiger partial charge in [-0.05, 0) is 18.4 Å². The Morgan fingerprint density at radius 1 is 1.44 bits per heavy atom. The summed E-state index contributed by atoms with van der Waals surface area (Å²) in [6, 6.07) is 3.06. The minimum atomic E-state index is -1.11. The molecule has 2 aliphatic heterocycles. The highest BCUT2D eigenvalue weighted by Crippen LogP contribution is 2.42. The number of β-lactam (4-membered cyclic amide) rings is 1. The highest BCUT2D eigenvalue weighted by Gasteiger charge is 2.54. The van der Waals surface area contributed by atoms with Crippen molar-refractivity contribution in [1.82, 2.24) is 10.2 Å². The molecule has 3 rings (SSSR count). The van der Waals surface area contributed by atoms with Crippen LogP contribution in [0, 0.1) is 0 Å². The SMILES string of the molecule is CSC1=C(C(=O)O)N2C(=O)[C@@H](NC(=O)Cc3ccc(CN)s3)[C@@H]2SC1. The lowest BCUT2D eigenvalue weighted by molar-refractivity contribution is -0.150. The van der Waals surface area contributed by atoms with Crippen LogP contribution in [-0.4, -0.2) is 51.2 Å². The first-order chi connectivity index (χ1) is 12.0. The molecule has 25 heavy (non-hydrogen) atoms. The van der Waals surface area contributed by atoms with Gasteiger partial charge in [0, 0.05) is 27.0 Å². The molecule has 10 heteroatoms. The molecule has 1 aromatic heterocycles. The van der Waals surface area contributed by atoms with Gasteiger partial charge in [-0.3, -0.25) is 14.5 Å². The molecular formula is C15H17N3O4S3. The van der Waals surface area contributed by atoms with Crippen LogP contribution >= 0.6 is 34.9 Å². The zero-order valence-electron chi connectivity index (χ0n) is 13.4. The number of nitrogens with zero attached hydrogens (tertiary/aromatic N) is 1. The molecule has 1 fully saturated rings. The molecule has 1 saturated heterocycles. The first-order valence-electron chi connectivity index (χ1n) is 7.48. The average molecular weight is 400 g/mol. The number of carbonyl (C=O) groups excluding carboxylic acids is 2. The molecule has 0 unspecified atom stereocenters. The molecule has 0 radical (unpaired) electrons. The second-order valence-electron chi connectivity index (χ2n) is 5.48. The molecule has 2 aliphatic rings. The van der Waals surface area contributed by atoms with Gasteiger partial charge in [-0.15, -0.1) is 34.9 Å². The molecule has 0 aliphatic carbocycles. The Morgan fingerprint density at radius 2 is 2.16 bits per heavy atom. The van der Waals surface area contributed by atoms with Crippen LogP contribution in [0.5, 0.6) is 0 Å². The van der Waals surface area contributed by atoms with E-state index in [9.17, 15) is 19.5 Å². The molecule has 2 amide bonds. The first-order valence-corrected chi connectivity index (χ1v) is 10.6. The van der Waals surface area contributed by atoms with E-state index >= 15 is 0 Å². The van der Waals surface area contributed by atoms with E-state index in [2.05, 4.69) is 5.32 Å². The molecule has 1 aromatic rings. The van der Waals surface area contributed by atoms with Gasteiger partial charge in [-0.2, -0.15) is 0 Å². The van der Waals surface area contributed by atoms with Crippen molar-refractivity contribution in [2.75, 3.05) is 12.0 Å². The number of carboxylic acids is 1. The number of aliphatic carboxylic acids is 1. The number of amides is 2. The smallest absolute Gasteiger partial charge is 0.353 e. The zero-order valence-corrected chi connectivity index (χ0v) is 15.8. The van der Waals surface area contributed by atoms with E-state index in [-0.39, 0.29) is 29.3 Å². The van der Waals surface area contributed by atoms with Crippen LogP contribution in [0.4, 0.5) is 0 Å². The Morgan fingerprint density at radius 3 is 2.76 bits per heavy atom. The lowest BCUT2D eigenvalue weighted by atomic mass is 10.0. The fourth-order valence-electron chi connectivity index (χ4n) is 2.76. The van der Waals surface area contributed by atoms with Crippen molar-refractivity contribution in [3.8, 4) is 0 Å². The van der Waals surface area contributed by atoms with Crippen molar-refractivity contribution in [2.24, 2.45) is 5.73 Å². The third-order valence-corrected chi connectivity index (χ3v) is 7.35. The van der Waals surface area contributed by atoms with Crippen LogP contribution in [0.3, 0.4) is 0 Å². The van der Waals surface area contributed by atoms with Gasteiger partial charge < -0.3 is 16.2 Å². The fourth-order valence-corrected chi connectivity index (χ4v) is 5.90. The highest BCUT2D eigenvalue weighted by molar-refractivity contribution is 8.05. The van der Waals surface area contributed by atoms with E-state index in [4.69, 9.17) is 5.73 Å². The van der Waals surface area contributed by atoms with Crippen LogP contribution in [0.15, 0.2) is 22.7 Å². The fraction of sp³-hybridized carbons (Fsp3) is 0.400. The number of thiophene rings is 1. The maximum Gasteiger partial charge on any atom is 0.353 e. The third kappa shape index (κ3) is 3.43. The lowest BCUT2D eigenvalue weighted by Gasteiger charge is -2.49. The molecule has 0 spiro atoms. The summed E-state index contributed by atoms with van der Waals surface area (Å²) in [7, 11) is 0. The monoisotopic (exact) mass is 399 g/mol. The topological polar surface area (TPSA) is 113 Å². The van der Waals surface area contributed by atoms with Crippen LogP contribution in [-0.2, 0) is 27.3 Å². The number of thioether (sulfide) groups is 2. The molecular weight excluding hydrogens is 382 g/mol. The molecule has 4 N–H and O–H groups in total. The number of carboxylic acid groups (broad SMARTS) is 1. The number of carbonyl (C=O) groups is 3. The predicted octanol–water partition coefficient (Wildman–Crippen LogP) is 0.808. The quantitative estimate of drug-likeness (QED) is 0.607.